The summed E-state index contributed by atoms with van der Waals surface area (Å²) in [5.74, 6) is -2.91. The highest BCUT2D eigenvalue weighted by molar-refractivity contribution is 5.72. The van der Waals surface area contributed by atoms with Crippen LogP contribution in [0.25, 0.3) is 0 Å². The summed E-state index contributed by atoms with van der Waals surface area (Å²) in [6.07, 6.45) is 6.33. The van der Waals surface area contributed by atoms with Crippen LogP contribution >= 0.6 is 0 Å². The van der Waals surface area contributed by atoms with Gasteiger partial charge >= 0.3 is 12.2 Å². The number of unbranched alkanes of at least 4 members (excludes halogenated alkanes) is 1. The highest BCUT2D eigenvalue weighted by atomic mass is 19.1. The average Bonchev–Trinajstić information content (AvgIpc) is 3.56. The minimum atomic E-state index is -1.45. The van der Waals surface area contributed by atoms with E-state index in [-0.39, 0.29) is 44.4 Å². The lowest BCUT2D eigenvalue weighted by Crippen LogP contribution is -2.76. The molecule has 0 radical (unpaired) electrons. The number of nitrogens with one attached hydrogen (secondary N) is 1. The molecule has 12 heteroatoms. The number of carbonyl (C=O) groups is 2. The number of carbonyl (C=O) groups excluding carboxylic acids is 2. The van der Waals surface area contributed by atoms with Gasteiger partial charge in [0.25, 0.3) is 0 Å². The highest BCUT2D eigenvalue weighted by Gasteiger charge is 2.56. The maximum Gasteiger partial charge on any atom is 0.413 e. The van der Waals surface area contributed by atoms with Crippen LogP contribution in [0, 0.1) is 17.6 Å². The van der Waals surface area contributed by atoms with Gasteiger partial charge in [0.05, 0.1) is 31.5 Å². The van der Waals surface area contributed by atoms with E-state index < -0.39 is 35.5 Å². The van der Waals surface area contributed by atoms with Crippen molar-refractivity contribution >= 4 is 12.2 Å². The average molecular weight is 624 g/mol. The van der Waals surface area contributed by atoms with Crippen LogP contribution in [0.1, 0.15) is 56.1 Å². The number of benzene rings is 2. The molecule has 3 unspecified atom stereocenters. The molecule has 1 aromatic heterocycles. The second kappa shape index (κ2) is 15.1. The molecule has 2 amide bonds. The Kier molecular flexibility index (Phi) is 10.8. The molecule has 2 saturated heterocycles. The van der Waals surface area contributed by atoms with Crippen molar-refractivity contribution < 1.29 is 32.6 Å². The normalized spacial score (nSPS) is 21.7. The second-order valence-corrected chi connectivity index (χ2v) is 11.4. The van der Waals surface area contributed by atoms with E-state index >= 15 is 0 Å². The molecule has 10 nitrogen and oxygen atoms in total. The number of amides is 2. The largest absolute Gasteiger partial charge is 0.490 e. The summed E-state index contributed by atoms with van der Waals surface area (Å²) in [5.41, 5.74) is 1.06. The fourth-order valence-electron chi connectivity index (χ4n) is 6.20. The SMILES string of the molecule is CCCCOC(=O)NC1(N2CCC(c3cc(F)ccc3F)C2)C(COc2cncnc2)CCCN1C(=O)OCc1ccccc1. The van der Waals surface area contributed by atoms with Crippen LogP contribution in [-0.2, 0) is 16.1 Å². The van der Waals surface area contributed by atoms with E-state index in [1.165, 1.54) is 29.7 Å². The molecule has 0 bridgehead atoms. The van der Waals surface area contributed by atoms with E-state index in [1.807, 2.05) is 42.2 Å². The van der Waals surface area contributed by atoms with Gasteiger partial charge in [-0.1, -0.05) is 43.7 Å². The van der Waals surface area contributed by atoms with Crippen LogP contribution in [0.4, 0.5) is 18.4 Å². The maximum absolute atomic E-state index is 14.9. The smallest absolute Gasteiger partial charge is 0.413 e. The van der Waals surface area contributed by atoms with Gasteiger partial charge < -0.3 is 14.2 Å². The molecule has 2 aliphatic heterocycles. The van der Waals surface area contributed by atoms with E-state index in [0.717, 1.165) is 24.1 Å². The van der Waals surface area contributed by atoms with E-state index in [9.17, 15) is 18.4 Å². The van der Waals surface area contributed by atoms with E-state index in [0.29, 0.717) is 38.0 Å². The third-order valence-corrected chi connectivity index (χ3v) is 8.41. The molecule has 2 aliphatic rings. The van der Waals surface area contributed by atoms with Crippen molar-refractivity contribution in [3.8, 4) is 5.75 Å². The Morgan fingerprint density at radius 1 is 1.04 bits per heavy atom. The van der Waals surface area contributed by atoms with Gasteiger partial charge in [-0.15, -0.1) is 0 Å². The lowest BCUT2D eigenvalue weighted by molar-refractivity contribution is -0.131. The van der Waals surface area contributed by atoms with E-state index in [1.54, 1.807) is 0 Å². The molecule has 2 fully saturated rings. The van der Waals surface area contributed by atoms with Crippen molar-refractivity contribution in [2.45, 2.75) is 57.3 Å². The zero-order valence-corrected chi connectivity index (χ0v) is 25.4. The van der Waals surface area contributed by atoms with Gasteiger partial charge in [0, 0.05) is 25.6 Å². The molecule has 0 saturated carbocycles. The Morgan fingerprint density at radius 3 is 2.62 bits per heavy atom. The molecule has 45 heavy (non-hydrogen) atoms. The summed E-state index contributed by atoms with van der Waals surface area (Å²) >= 11 is 0. The Balaban J connectivity index is 1.50. The Labute approximate surface area is 261 Å². The Morgan fingerprint density at radius 2 is 1.84 bits per heavy atom. The summed E-state index contributed by atoms with van der Waals surface area (Å²) < 4.78 is 46.6. The van der Waals surface area contributed by atoms with Crippen LogP contribution in [-0.4, -0.2) is 70.6 Å². The third-order valence-electron chi connectivity index (χ3n) is 8.41. The van der Waals surface area contributed by atoms with Gasteiger partial charge in [-0.25, -0.2) is 28.3 Å². The van der Waals surface area contributed by atoms with Crippen LogP contribution in [0.5, 0.6) is 5.75 Å². The predicted molar refractivity (Wildman–Crippen MR) is 161 cm³/mol. The number of likely N-dealkylation sites (tertiary alicyclic amines) is 2. The van der Waals surface area contributed by atoms with Crippen molar-refractivity contribution in [2.24, 2.45) is 5.92 Å². The molecule has 3 atom stereocenters. The topological polar surface area (TPSA) is 106 Å². The number of ether oxygens (including phenoxy) is 3. The number of halogens is 2. The van der Waals surface area contributed by atoms with Gasteiger partial charge in [0.15, 0.2) is 11.5 Å². The lowest BCUT2D eigenvalue weighted by atomic mass is 9.88. The summed E-state index contributed by atoms with van der Waals surface area (Å²) in [4.78, 5) is 38.9. The predicted octanol–water partition coefficient (Wildman–Crippen LogP) is 5.85. The van der Waals surface area contributed by atoms with Crippen LogP contribution in [0.3, 0.4) is 0 Å². The van der Waals surface area contributed by atoms with Gasteiger partial charge in [0.1, 0.15) is 24.6 Å². The van der Waals surface area contributed by atoms with E-state index in [4.69, 9.17) is 14.2 Å². The number of hydrogen-bond acceptors (Lipinski definition) is 8. The van der Waals surface area contributed by atoms with Crippen molar-refractivity contribution in [3.05, 3.63) is 90.0 Å². The fourth-order valence-corrected chi connectivity index (χ4v) is 6.20. The van der Waals surface area contributed by atoms with Crippen molar-refractivity contribution in [1.29, 1.82) is 0 Å². The molecular weight excluding hydrogens is 584 g/mol. The van der Waals surface area contributed by atoms with Gasteiger partial charge in [-0.2, -0.15) is 0 Å². The fraction of sp³-hybridized carbons (Fsp3) is 0.455. The van der Waals surface area contributed by atoms with Crippen LogP contribution in [0.15, 0.2) is 67.3 Å². The summed E-state index contributed by atoms with van der Waals surface area (Å²) in [6, 6.07) is 12.7. The van der Waals surface area contributed by atoms with Gasteiger partial charge in [-0.3, -0.25) is 15.1 Å². The molecule has 2 aromatic carbocycles. The first-order valence-corrected chi connectivity index (χ1v) is 15.4. The first-order valence-electron chi connectivity index (χ1n) is 15.4. The molecule has 3 aromatic rings. The first-order chi connectivity index (χ1) is 21.9. The summed E-state index contributed by atoms with van der Waals surface area (Å²) in [5, 5.41) is 3.06. The monoisotopic (exact) mass is 623 g/mol. The standard InChI is InChI=1S/C33H39F2N5O5/c1-2-3-16-43-31(41)38-33(39-15-13-25(20-39)29-17-27(34)11-12-30(29)35)26(22-44-28-18-36-23-37-19-28)10-7-14-40(33)32(42)45-21-24-8-5-4-6-9-24/h4-6,8-9,11-12,17-19,23,25-26H,2-3,7,10,13-16,20-22H2,1H3,(H,38,41). The highest BCUT2D eigenvalue weighted by Crippen LogP contribution is 2.41. The maximum atomic E-state index is 14.9. The summed E-state index contributed by atoms with van der Waals surface area (Å²) in [7, 11) is 0. The number of alkyl carbamates (subject to hydrolysis) is 1. The zero-order chi connectivity index (χ0) is 31.6. The molecular formula is C33H39F2N5O5. The quantitative estimate of drug-likeness (QED) is 0.265. The molecule has 1 N–H and O–H groups in total. The number of piperidine rings is 1. The lowest BCUT2D eigenvalue weighted by Gasteiger charge is -2.55. The number of aromatic nitrogens is 2. The van der Waals surface area contributed by atoms with Crippen LogP contribution < -0.4 is 10.1 Å². The minimum Gasteiger partial charge on any atom is -0.490 e. The molecule has 240 valence electrons. The number of nitrogens with zero attached hydrogens (tertiary/aromatic N) is 4. The van der Waals surface area contributed by atoms with Crippen molar-refractivity contribution in [3.63, 3.8) is 0 Å². The Bertz CT molecular complexity index is 1420. The summed E-state index contributed by atoms with van der Waals surface area (Å²) in [6.45, 7) is 3.23. The Hall–Kier alpha value is -4.32. The molecule has 3 heterocycles. The second-order valence-electron chi connectivity index (χ2n) is 11.4. The third kappa shape index (κ3) is 7.67. The molecule has 5 rings (SSSR count). The number of rotatable bonds is 11. The molecule has 0 aliphatic carbocycles. The zero-order valence-electron chi connectivity index (χ0n) is 25.4. The van der Waals surface area contributed by atoms with E-state index in [2.05, 4.69) is 15.3 Å². The van der Waals surface area contributed by atoms with Gasteiger partial charge in [-0.05, 0) is 55.0 Å². The van der Waals surface area contributed by atoms with Crippen molar-refractivity contribution in [2.75, 3.05) is 32.8 Å². The number of hydrogen-bond donors (Lipinski definition) is 1. The first kappa shape index (κ1) is 32.1. The van der Waals surface area contributed by atoms with Crippen LogP contribution in [0.2, 0.25) is 0 Å². The van der Waals surface area contributed by atoms with Gasteiger partial charge in [0.2, 0.25) is 0 Å². The van der Waals surface area contributed by atoms with Crippen molar-refractivity contribution in [1.82, 2.24) is 25.1 Å². The minimum absolute atomic E-state index is 0.0346. The molecule has 0 spiro atoms.